The van der Waals surface area contributed by atoms with E-state index in [2.05, 4.69) is 257 Å². The minimum absolute atomic E-state index is 0.0186. The molecule has 0 aromatic heterocycles. The van der Waals surface area contributed by atoms with E-state index in [0.29, 0.717) is 0 Å². The summed E-state index contributed by atoms with van der Waals surface area (Å²) in [6.45, 7) is 28.1. The van der Waals surface area contributed by atoms with Crippen LogP contribution in [0.25, 0.3) is 43.4 Å². The quantitative estimate of drug-likeness (QED) is 0.129. The fraction of sp³-hybridized carbons (Fsp3) is 0.250. The van der Waals surface area contributed by atoms with E-state index >= 15 is 0 Å². The van der Waals surface area contributed by atoms with Gasteiger partial charge in [-0.05, 0) is 152 Å². The molecule has 9 aromatic carbocycles. The zero-order valence-electron chi connectivity index (χ0n) is 41.6. The lowest BCUT2D eigenvalue weighted by atomic mass is 9.33. The Labute approximate surface area is 399 Å². The Bertz CT molecular complexity index is 3410. The fourth-order valence-electron chi connectivity index (χ4n) is 11.3. The van der Waals surface area contributed by atoms with E-state index in [1.54, 1.807) is 0 Å². The first kappa shape index (κ1) is 43.0. The number of rotatable bonds is 3. The van der Waals surface area contributed by atoms with Gasteiger partial charge in [-0.1, -0.05) is 198 Å². The monoisotopic (exact) mass is 871 g/mol. The molecule has 2 heterocycles. The zero-order chi connectivity index (χ0) is 46.9. The van der Waals surface area contributed by atoms with Gasteiger partial charge in [0.1, 0.15) is 0 Å². The van der Waals surface area contributed by atoms with Gasteiger partial charge in [0.2, 0.25) is 0 Å². The molecule has 0 saturated heterocycles. The van der Waals surface area contributed by atoms with Crippen LogP contribution in [-0.2, 0) is 21.7 Å². The summed E-state index contributed by atoms with van der Waals surface area (Å²) in [6.07, 6.45) is 0. The van der Waals surface area contributed by atoms with Crippen LogP contribution in [0.1, 0.15) is 105 Å². The van der Waals surface area contributed by atoms with Crippen LogP contribution >= 0.6 is 0 Å². The second-order valence-corrected chi connectivity index (χ2v) is 23.5. The standard InChI is InChI=1S/C64H63BN2/c1-61(2,3)40-27-31-43(32-28-40)66-55-35-29-41(62(4,5)6)37-53(55)65-54-38-42(63(7,8)9)30-36-56(54)67(58-26-18-25-57(66)60(58)65)44-33-34-52(64(10,11)12)51(39-44)50-24-17-23-49-47-20-14-13-19-45(47)46-21-15-16-22-48(46)59(49)50/h13-39H,1-12H3. The maximum Gasteiger partial charge on any atom is 0.252 e. The van der Waals surface area contributed by atoms with Crippen LogP contribution in [0.3, 0.4) is 0 Å². The molecule has 0 amide bonds. The second kappa shape index (κ2) is 15.0. The minimum Gasteiger partial charge on any atom is -0.311 e. The summed E-state index contributed by atoms with van der Waals surface area (Å²) in [5, 5.41) is 7.77. The molecule has 67 heavy (non-hydrogen) atoms. The molecule has 3 heteroatoms. The molecule has 11 rings (SSSR count). The lowest BCUT2D eigenvalue weighted by Gasteiger charge is -2.45. The summed E-state index contributed by atoms with van der Waals surface area (Å²) >= 11 is 0. The predicted molar refractivity (Wildman–Crippen MR) is 293 cm³/mol. The van der Waals surface area contributed by atoms with E-state index < -0.39 is 0 Å². The maximum atomic E-state index is 2.59. The highest BCUT2D eigenvalue weighted by Crippen LogP contribution is 2.49. The van der Waals surface area contributed by atoms with E-state index in [1.165, 1.54) is 111 Å². The molecule has 2 nitrogen and oxygen atoms in total. The van der Waals surface area contributed by atoms with Crippen molar-refractivity contribution < 1.29 is 0 Å². The molecular weight excluding hydrogens is 808 g/mol. The van der Waals surface area contributed by atoms with E-state index in [9.17, 15) is 0 Å². The summed E-state index contributed by atoms with van der Waals surface area (Å²) in [5.41, 5.74) is 19.2. The van der Waals surface area contributed by atoms with E-state index in [4.69, 9.17) is 0 Å². The topological polar surface area (TPSA) is 6.48 Å². The smallest absolute Gasteiger partial charge is 0.252 e. The third-order valence-electron chi connectivity index (χ3n) is 14.8. The summed E-state index contributed by atoms with van der Waals surface area (Å²) in [6, 6.07) is 63.2. The number of nitrogens with zero attached hydrogens (tertiary/aromatic N) is 2. The third kappa shape index (κ3) is 6.91. The molecule has 9 aromatic rings. The molecule has 0 aliphatic carbocycles. The lowest BCUT2D eigenvalue weighted by molar-refractivity contribution is 0.590. The summed E-state index contributed by atoms with van der Waals surface area (Å²) in [4.78, 5) is 5.13. The number of fused-ring (bicyclic) bond motifs is 10. The van der Waals surface area contributed by atoms with Crippen LogP contribution in [0.2, 0.25) is 0 Å². The van der Waals surface area contributed by atoms with Crippen LogP contribution in [0.4, 0.5) is 34.1 Å². The van der Waals surface area contributed by atoms with Crippen molar-refractivity contribution in [2.45, 2.75) is 105 Å². The second-order valence-electron chi connectivity index (χ2n) is 23.5. The molecule has 332 valence electrons. The highest BCUT2D eigenvalue weighted by molar-refractivity contribution is 7.00. The van der Waals surface area contributed by atoms with E-state index in [1.807, 2.05) is 0 Å². The van der Waals surface area contributed by atoms with Crippen molar-refractivity contribution >= 4 is 89.5 Å². The van der Waals surface area contributed by atoms with Gasteiger partial charge in [0.15, 0.2) is 0 Å². The number of hydrogen-bond donors (Lipinski definition) is 0. The number of anilines is 6. The zero-order valence-corrected chi connectivity index (χ0v) is 41.6. The van der Waals surface area contributed by atoms with Crippen LogP contribution in [0.15, 0.2) is 164 Å². The summed E-state index contributed by atoms with van der Waals surface area (Å²) in [5.74, 6) is 0. The van der Waals surface area contributed by atoms with Crippen molar-refractivity contribution in [2.75, 3.05) is 9.80 Å². The average molecular weight is 871 g/mol. The van der Waals surface area contributed by atoms with E-state index in [-0.39, 0.29) is 28.4 Å². The average Bonchev–Trinajstić information content (AvgIpc) is 3.29. The molecule has 0 bridgehead atoms. The third-order valence-corrected chi connectivity index (χ3v) is 14.8. The molecule has 0 N–H and O–H groups in total. The highest BCUT2D eigenvalue weighted by atomic mass is 15.2. The Morgan fingerprint density at radius 1 is 0.328 bits per heavy atom. The predicted octanol–water partition coefficient (Wildman–Crippen LogP) is 16.1. The van der Waals surface area contributed by atoms with Gasteiger partial charge in [-0.25, -0.2) is 0 Å². The van der Waals surface area contributed by atoms with Crippen LogP contribution in [0.5, 0.6) is 0 Å². The van der Waals surface area contributed by atoms with Crippen molar-refractivity contribution in [1.29, 1.82) is 0 Å². The normalized spacial score (nSPS) is 13.9. The summed E-state index contributed by atoms with van der Waals surface area (Å²) in [7, 11) is 0. The molecule has 0 fully saturated rings. The first-order valence-electron chi connectivity index (χ1n) is 24.4. The fourth-order valence-corrected chi connectivity index (χ4v) is 11.3. The van der Waals surface area contributed by atoms with Gasteiger partial charge in [0.05, 0.1) is 0 Å². The van der Waals surface area contributed by atoms with Crippen LogP contribution in [0, 0.1) is 0 Å². The number of benzene rings is 9. The van der Waals surface area contributed by atoms with Gasteiger partial charge < -0.3 is 9.80 Å². The Kier molecular flexibility index (Phi) is 9.61. The first-order chi connectivity index (χ1) is 31.8. The van der Waals surface area contributed by atoms with Gasteiger partial charge in [0.25, 0.3) is 6.71 Å². The SMILES string of the molecule is CC(C)(C)c1ccc(N2c3ccc(C(C)(C)C)cc3B3c4cc(C(C)(C)C)ccc4N(c4ccc(C(C)(C)C)c(-c5cccc6c7ccccc7c7ccccc7c56)c4)c4cccc2c43)cc1. The molecule has 2 aliphatic rings. The Morgan fingerprint density at radius 2 is 0.761 bits per heavy atom. The molecule has 0 saturated carbocycles. The molecule has 0 spiro atoms. The summed E-state index contributed by atoms with van der Waals surface area (Å²) < 4.78 is 0. The molecule has 0 radical (unpaired) electrons. The molecular formula is C64H63BN2. The molecule has 2 aliphatic heterocycles. The van der Waals surface area contributed by atoms with Crippen LogP contribution < -0.4 is 26.2 Å². The Hall–Kier alpha value is -6.58. The van der Waals surface area contributed by atoms with Gasteiger partial charge in [-0.2, -0.15) is 0 Å². The molecule has 0 atom stereocenters. The van der Waals surface area contributed by atoms with Gasteiger partial charge in [0, 0.05) is 34.1 Å². The Balaban J connectivity index is 1.21. The van der Waals surface area contributed by atoms with Gasteiger partial charge >= 0.3 is 0 Å². The highest BCUT2D eigenvalue weighted by Gasteiger charge is 2.44. The van der Waals surface area contributed by atoms with Crippen molar-refractivity contribution in [1.82, 2.24) is 0 Å². The first-order valence-corrected chi connectivity index (χ1v) is 24.4. The van der Waals surface area contributed by atoms with Crippen molar-refractivity contribution in [3.63, 3.8) is 0 Å². The lowest BCUT2D eigenvalue weighted by Crippen LogP contribution is -2.61. The van der Waals surface area contributed by atoms with E-state index in [0.717, 1.165) is 5.69 Å². The Morgan fingerprint density at radius 3 is 1.27 bits per heavy atom. The minimum atomic E-state index is -0.112. The van der Waals surface area contributed by atoms with Crippen molar-refractivity contribution in [3.8, 4) is 11.1 Å². The largest absolute Gasteiger partial charge is 0.311 e. The van der Waals surface area contributed by atoms with Crippen LogP contribution in [-0.4, -0.2) is 6.71 Å². The van der Waals surface area contributed by atoms with Gasteiger partial charge in [-0.15, -0.1) is 0 Å². The van der Waals surface area contributed by atoms with Crippen molar-refractivity contribution in [3.05, 3.63) is 186 Å². The van der Waals surface area contributed by atoms with Crippen molar-refractivity contribution in [2.24, 2.45) is 0 Å². The maximum absolute atomic E-state index is 2.59. The number of hydrogen-bond acceptors (Lipinski definition) is 2. The molecule has 0 unspecified atom stereocenters. The van der Waals surface area contributed by atoms with Gasteiger partial charge in [-0.3, -0.25) is 0 Å².